The van der Waals surface area contributed by atoms with Gasteiger partial charge in [-0.15, -0.1) is 11.8 Å². The third-order valence-electron chi connectivity index (χ3n) is 2.10. The molecular weight excluding hydrogens is 225 g/mol. The van der Waals surface area contributed by atoms with Gasteiger partial charge in [-0.3, -0.25) is 0 Å². The van der Waals surface area contributed by atoms with Crippen LogP contribution in [0.3, 0.4) is 0 Å². The molecule has 0 aliphatic carbocycles. The fourth-order valence-corrected chi connectivity index (χ4v) is 2.02. The summed E-state index contributed by atoms with van der Waals surface area (Å²) >= 11 is 1.60. The van der Waals surface area contributed by atoms with Crippen LogP contribution in [-0.2, 0) is 4.74 Å². The Balaban J connectivity index is 2.21. The van der Waals surface area contributed by atoms with E-state index in [9.17, 15) is 4.39 Å². The molecule has 0 saturated carbocycles. The maximum absolute atomic E-state index is 12.8. The van der Waals surface area contributed by atoms with Crippen LogP contribution >= 0.6 is 11.8 Å². The van der Waals surface area contributed by atoms with Crippen molar-refractivity contribution in [1.82, 2.24) is 0 Å². The summed E-state index contributed by atoms with van der Waals surface area (Å²) in [5, 5.41) is 0. The molecule has 0 aromatic heterocycles. The minimum atomic E-state index is -0.291. The lowest BCUT2D eigenvalue weighted by Gasteiger charge is -2.06. The fourth-order valence-electron chi connectivity index (χ4n) is 1.21. The minimum absolute atomic E-state index is 0.291. The molecule has 0 unspecified atom stereocenters. The van der Waals surface area contributed by atoms with Crippen molar-refractivity contribution in [3.8, 4) is 0 Å². The first-order chi connectivity index (χ1) is 7.74. The molecule has 0 saturated heterocycles. The van der Waals surface area contributed by atoms with E-state index in [0.29, 0.717) is 12.3 Å². The van der Waals surface area contributed by atoms with Crippen molar-refractivity contribution in [2.45, 2.75) is 24.7 Å². The van der Waals surface area contributed by atoms with Crippen LogP contribution in [0.5, 0.6) is 0 Å². The molecule has 2 nitrogen and oxygen atoms in total. The smallest absolute Gasteiger partial charge is 0.125 e. The van der Waals surface area contributed by atoms with Gasteiger partial charge < -0.3 is 10.5 Å². The van der Waals surface area contributed by atoms with Gasteiger partial charge in [-0.2, -0.15) is 0 Å². The van der Waals surface area contributed by atoms with E-state index in [1.54, 1.807) is 17.8 Å². The van der Waals surface area contributed by atoms with E-state index in [1.807, 2.05) is 0 Å². The van der Waals surface area contributed by atoms with Crippen LogP contribution in [0.1, 0.15) is 19.8 Å². The van der Waals surface area contributed by atoms with Crippen LogP contribution in [-0.4, -0.2) is 19.0 Å². The van der Waals surface area contributed by atoms with Gasteiger partial charge in [0.15, 0.2) is 0 Å². The SMILES string of the molecule is CCCCOCCSc1ccc(F)cc1N. The van der Waals surface area contributed by atoms with Crippen molar-refractivity contribution in [2.24, 2.45) is 0 Å². The average Bonchev–Trinajstić information content (AvgIpc) is 2.26. The zero-order valence-electron chi connectivity index (χ0n) is 9.54. The molecule has 0 atom stereocenters. The fraction of sp³-hybridized carbons (Fsp3) is 0.500. The number of hydrogen-bond acceptors (Lipinski definition) is 3. The molecule has 0 heterocycles. The number of benzene rings is 1. The average molecular weight is 243 g/mol. The third kappa shape index (κ3) is 4.86. The molecule has 4 heteroatoms. The number of unbranched alkanes of at least 4 members (excludes halogenated alkanes) is 1. The normalized spacial score (nSPS) is 10.6. The van der Waals surface area contributed by atoms with E-state index in [-0.39, 0.29) is 5.82 Å². The summed E-state index contributed by atoms with van der Waals surface area (Å²) in [4.78, 5) is 0.917. The molecule has 0 amide bonds. The molecule has 0 radical (unpaired) electrons. The van der Waals surface area contributed by atoms with Crippen LogP contribution in [0.4, 0.5) is 10.1 Å². The van der Waals surface area contributed by atoms with Crippen molar-refractivity contribution >= 4 is 17.4 Å². The maximum atomic E-state index is 12.8. The Hall–Kier alpha value is -0.740. The molecule has 1 aromatic rings. The highest BCUT2D eigenvalue weighted by molar-refractivity contribution is 7.99. The molecule has 0 aliphatic rings. The molecule has 90 valence electrons. The molecule has 2 N–H and O–H groups in total. The summed E-state index contributed by atoms with van der Waals surface area (Å²) in [5.74, 6) is 0.556. The first-order valence-electron chi connectivity index (χ1n) is 5.49. The highest BCUT2D eigenvalue weighted by atomic mass is 32.2. The van der Waals surface area contributed by atoms with Gasteiger partial charge in [0.2, 0.25) is 0 Å². The van der Waals surface area contributed by atoms with E-state index in [1.165, 1.54) is 12.1 Å². The summed E-state index contributed by atoms with van der Waals surface area (Å²) in [7, 11) is 0. The van der Waals surface area contributed by atoms with Crippen LogP contribution in [0.2, 0.25) is 0 Å². The topological polar surface area (TPSA) is 35.2 Å². The Labute approximate surface area is 100 Å². The lowest BCUT2D eigenvalue weighted by Crippen LogP contribution is -1.99. The second-order valence-corrected chi connectivity index (χ2v) is 4.63. The second kappa shape index (κ2) is 7.52. The maximum Gasteiger partial charge on any atom is 0.125 e. The lowest BCUT2D eigenvalue weighted by atomic mass is 10.3. The van der Waals surface area contributed by atoms with Crippen LogP contribution in [0.15, 0.2) is 23.1 Å². The highest BCUT2D eigenvalue weighted by Gasteiger charge is 2.01. The number of ether oxygens (including phenoxy) is 1. The van der Waals surface area contributed by atoms with E-state index in [0.717, 1.165) is 30.1 Å². The number of anilines is 1. The van der Waals surface area contributed by atoms with Crippen molar-refractivity contribution in [1.29, 1.82) is 0 Å². The van der Waals surface area contributed by atoms with Gasteiger partial charge in [0.05, 0.1) is 6.61 Å². The van der Waals surface area contributed by atoms with Gasteiger partial charge in [-0.05, 0) is 24.6 Å². The van der Waals surface area contributed by atoms with Gasteiger partial charge in [0.25, 0.3) is 0 Å². The largest absolute Gasteiger partial charge is 0.398 e. The predicted octanol–water partition coefficient (Wildman–Crippen LogP) is 3.32. The Morgan fingerprint density at radius 1 is 1.38 bits per heavy atom. The van der Waals surface area contributed by atoms with Crippen LogP contribution in [0.25, 0.3) is 0 Å². The summed E-state index contributed by atoms with van der Waals surface area (Å²) in [6.07, 6.45) is 2.25. The van der Waals surface area contributed by atoms with Gasteiger partial charge in [0.1, 0.15) is 5.82 Å². The Morgan fingerprint density at radius 3 is 2.88 bits per heavy atom. The molecule has 1 rings (SSSR count). The molecule has 0 aliphatic heterocycles. The summed E-state index contributed by atoms with van der Waals surface area (Å²) < 4.78 is 18.2. The number of rotatable bonds is 7. The summed E-state index contributed by atoms with van der Waals surface area (Å²) in [6.45, 7) is 3.66. The molecule has 16 heavy (non-hydrogen) atoms. The Kier molecular flexibility index (Phi) is 6.26. The van der Waals surface area contributed by atoms with Crippen LogP contribution in [0, 0.1) is 5.82 Å². The Bertz CT molecular complexity index is 320. The lowest BCUT2D eigenvalue weighted by molar-refractivity contribution is 0.147. The number of nitrogens with two attached hydrogens (primary N) is 1. The summed E-state index contributed by atoms with van der Waals surface area (Å²) in [6, 6.07) is 4.48. The van der Waals surface area contributed by atoms with Crippen molar-refractivity contribution in [3.63, 3.8) is 0 Å². The molecule has 0 spiro atoms. The second-order valence-electron chi connectivity index (χ2n) is 3.50. The molecule has 0 fully saturated rings. The predicted molar refractivity (Wildman–Crippen MR) is 67.3 cm³/mol. The van der Waals surface area contributed by atoms with Crippen molar-refractivity contribution < 1.29 is 9.13 Å². The van der Waals surface area contributed by atoms with Crippen molar-refractivity contribution in [2.75, 3.05) is 24.7 Å². The standard InChI is InChI=1S/C12H18FNOS/c1-2-3-6-15-7-8-16-12-5-4-10(13)9-11(12)14/h4-5,9H,2-3,6-8,14H2,1H3. The molecule has 1 aromatic carbocycles. The number of nitrogen functional groups attached to an aromatic ring is 1. The van der Waals surface area contributed by atoms with E-state index >= 15 is 0 Å². The number of hydrogen-bond donors (Lipinski definition) is 1. The third-order valence-corrected chi connectivity index (χ3v) is 3.15. The minimum Gasteiger partial charge on any atom is -0.398 e. The van der Waals surface area contributed by atoms with E-state index < -0.39 is 0 Å². The highest BCUT2D eigenvalue weighted by Crippen LogP contribution is 2.25. The van der Waals surface area contributed by atoms with Crippen molar-refractivity contribution in [3.05, 3.63) is 24.0 Å². The van der Waals surface area contributed by atoms with Gasteiger partial charge >= 0.3 is 0 Å². The summed E-state index contributed by atoms with van der Waals surface area (Å²) in [5.41, 5.74) is 6.18. The first-order valence-corrected chi connectivity index (χ1v) is 6.48. The monoisotopic (exact) mass is 243 g/mol. The van der Waals surface area contributed by atoms with Gasteiger partial charge in [0, 0.05) is 22.9 Å². The van der Waals surface area contributed by atoms with E-state index in [2.05, 4.69) is 6.92 Å². The molecular formula is C12H18FNOS. The zero-order valence-corrected chi connectivity index (χ0v) is 10.4. The first kappa shape index (κ1) is 13.3. The number of thioether (sulfide) groups is 1. The van der Waals surface area contributed by atoms with Gasteiger partial charge in [-0.25, -0.2) is 4.39 Å². The van der Waals surface area contributed by atoms with Gasteiger partial charge in [-0.1, -0.05) is 13.3 Å². The zero-order chi connectivity index (χ0) is 11.8. The van der Waals surface area contributed by atoms with Crippen LogP contribution < -0.4 is 5.73 Å². The van der Waals surface area contributed by atoms with E-state index in [4.69, 9.17) is 10.5 Å². The molecule has 0 bridgehead atoms. The Morgan fingerprint density at radius 2 is 2.19 bits per heavy atom. The quantitative estimate of drug-likeness (QED) is 0.453. The number of halogens is 1.